The Labute approximate surface area is 135 Å². The second-order valence-electron chi connectivity index (χ2n) is 6.32. The Morgan fingerprint density at radius 3 is 2.32 bits per heavy atom. The van der Waals surface area contributed by atoms with Crippen LogP contribution in [0.5, 0.6) is 5.75 Å². The topological polar surface area (TPSA) is 49.3 Å². The lowest BCUT2D eigenvalue weighted by Crippen LogP contribution is -2.27. The van der Waals surface area contributed by atoms with Crippen LogP contribution in [0.1, 0.15) is 26.3 Å². The molecule has 0 heterocycles. The van der Waals surface area contributed by atoms with Crippen molar-refractivity contribution in [1.82, 2.24) is 0 Å². The van der Waals surface area contributed by atoms with Crippen LogP contribution in [0.4, 0.5) is 5.69 Å². The maximum Gasteiger partial charge on any atom is 0.229 e. The van der Waals surface area contributed by atoms with Gasteiger partial charge >= 0.3 is 0 Å². The third-order valence-corrected chi connectivity index (χ3v) is 3.88. The summed E-state index contributed by atoms with van der Waals surface area (Å²) in [5, 5.41) is 13.8. The molecule has 0 aliphatic carbocycles. The molecule has 0 unspecified atom stereocenters. The van der Waals surface area contributed by atoms with E-state index >= 15 is 0 Å². The fourth-order valence-corrected chi connectivity index (χ4v) is 2.30. The Morgan fingerprint density at radius 1 is 1.18 bits per heavy atom. The summed E-state index contributed by atoms with van der Waals surface area (Å²) in [6.45, 7) is 7.29. The number of anilines is 1. The molecule has 0 spiro atoms. The van der Waals surface area contributed by atoms with E-state index in [-0.39, 0.29) is 11.7 Å². The van der Waals surface area contributed by atoms with Crippen LogP contribution in [0.25, 0.3) is 11.1 Å². The molecule has 3 nitrogen and oxygen atoms in total. The van der Waals surface area contributed by atoms with E-state index in [1.54, 1.807) is 6.07 Å². The highest BCUT2D eigenvalue weighted by atomic mass is 35.5. The van der Waals surface area contributed by atoms with Crippen LogP contribution in [-0.4, -0.2) is 11.0 Å². The molecule has 2 N–H and O–H groups in total. The quantitative estimate of drug-likeness (QED) is 0.765. The standard InChI is InChI=1S/C18H20ClNO2/c1-11-13(19)10-14(20-17(22)18(2,3)4)16(21)15(11)12-8-6-5-7-9-12/h5-10,21H,1-4H3,(H,20,22). The van der Waals surface area contributed by atoms with E-state index < -0.39 is 5.41 Å². The summed E-state index contributed by atoms with van der Waals surface area (Å²) < 4.78 is 0. The normalized spacial score (nSPS) is 11.3. The van der Waals surface area contributed by atoms with Crippen molar-refractivity contribution >= 4 is 23.2 Å². The fourth-order valence-electron chi connectivity index (χ4n) is 2.10. The number of hydrogen-bond acceptors (Lipinski definition) is 2. The number of phenols is 1. The Balaban J connectivity index is 2.55. The van der Waals surface area contributed by atoms with Gasteiger partial charge in [0.15, 0.2) is 0 Å². The number of amides is 1. The molecule has 116 valence electrons. The van der Waals surface area contributed by atoms with Crippen LogP contribution in [0.15, 0.2) is 36.4 Å². The van der Waals surface area contributed by atoms with Gasteiger partial charge in [-0.3, -0.25) is 4.79 Å². The van der Waals surface area contributed by atoms with E-state index in [1.807, 2.05) is 58.0 Å². The zero-order valence-electron chi connectivity index (χ0n) is 13.2. The van der Waals surface area contributed by atoms with Crippen molar-refractivity contribution in [3.8, 4) is 16.9 Å². The lowest BCUT2D eigenvalue weighted by Gasteiger charge is -2.20. The number of nitrogens with one attached hydrogen (secondary N) is 1. The van der Waals surface area contributed by atoms with Crippen molar-refractivity contribution in [2.45, 2.75) is 27.7 Å². The molecule has 0 radical (unpaired) electrons. The molecule has 0 bridgehead atoms. The summed E-state index contributed by atoms with van der Waals surface area (Å²) >= 11 is 6.28. The first-order valence-corrected chi connectivity index (χ1v) is 7.48. The maximum absolute atomic E-state index is 12.2. The number of carbonyl (C=O) groups is 1. The van der Waals surface area contributed by atoms with E-state index in [4.69, 9.17) is 11.6 Å². The lowest BCUT2D eigenvalue weighted by molar-refractivity contribution is -0.123. The van der Waals surface area contributed by atoms with Crippen LogP contribution < -0.4 is 5.32 Å². The Morgan fingerprint density at radius 2 is 1.77 bits per heavy atom. The summed E-state index contributed by atoms with van der Waals surface area (Å²) in [6, 6.07) is 11.1. The van der Waals surface area contributed by atoms with Gasteiger partial charge in [-0.15, -0.1) is 0 Å². The van der Waals surface area contributed by atoms with Gasteiger partial charge in [0.25, 0.3) is 0 Å². The van der Waals surface area contributed by atoms with Crippen LogP contribution in [0, 0.1) is 12.3 Å². The monoisotopic (exact) mass is 317 g/mol. The second kappa shape index (κ2) is 6.01. The smallest absolute Gasteiger partial charge is 0.229 e. The maximum atomic E-state index is 12.2. The van der Waals surface area contributed by atoms with Gasteiger partial charge in [0.1, 0.15) is 5.75 Å². The van der Waals surface area contributed by atoms with Crippen LogP contribution >= 0.6 is 11.6 Å². The number of carbonyl (C=O) groups excluding carboxylic acids is 1. The van der Waals surface area contributed by atoms with Crippen LogP contribution in [-0.2, 0) is 4.79 Å². The summed E-state index contributed by atoms with van der Waals surface area (Å²) in [5.41, 5.74) is 2.04. The van der Waals surface area contributed by atoms with Gasteiger partial charge in [-0.1, -0.05) is 62.7 Å². The van der Waals surface area contributed by atoms with E-state index in [0.29, 0.717) is 16.3 Å². The summed E-state index contributed by atoms with van der Waals surface area (Å²) in [4.78, 5) is 12.2. The van der Waals surface area contributed by atoms with E-state index in [0.717, 1.165) is 11.1 Å². The SMILES string of the molecule is Cc1c(Cl)cc(NC(=O)C(C)(C)C)c(O)c1-c1ccccc1. The highest BCUT2D eigenvalue weighted by Crippen LogP contribution is 2.42. The van der Waals surface area contributed by atoms with Crippen LogP contribution in [0.3, 0.4) is 0 Å². The van der Waals surface area contributed by atoms with Gasteiger partial charge in [0.05, 0.1) is 5.69 Å². The lowest BCUT2D eigenvalue weighted by atomic mass is 9.94. The van der Waals surface area contributed by atoms with Gasteiger partial charge < -0.3 is 10.4 Å². The molecule has 0 saturated carbocycles. The number of phenolic OH excluding ortho intramolecular Hbond substituents is 1. The molecule has 2 rings (SSSR count). The second-order valence-corrected chi connectivity index (χ2v) is 6.73. The zero-order chi connectivity index (χ0) is 16.5. The first kappa shape index (κ1) is 16.4. The van der Waals surface area contributed by atoms with Gasteiger partial charge in [-0.25, -0.2) is 0 Å². The summed E-state index contributed by atoms with van der Waals surface area (Å²) in [7, 11) is 0. The fraction of sp³-hybridized carbons (Fsp3) is 0.278. The predicted octanol–water partition coefficient (Wildman–Crippen LogP) is 5.01. The molecule has 0 saturated heterocycles. The molecule has 0 aliphatic heterocycles. The first-order valence-electron chi connectivity index (χ1n) is 7.10. The van der Waals surface area contributed by atoms with Crippen molar-refractivity contribution < 1.29 is 9.90 Å². The van der Waals surface area contributed by atoms with Crippen molar-refractivity contribution in [3.63, 3.8) is 0 Å². The summed E-state index contributed by atoms with van der Waals surface area (Å²) in [5.74, 6) is -0.146. The van der Waals surface area contributed by atoms with Crippen molar-refractivity contribution in [1.29, 1.82) is 0 Å². The molecule has 0 aromatic heterocycles. The van der Waals surface area contributed by atoms with Crippen molar-refractivity contribution in [2.24, 2.45) is 5.41 Å². The summed E-state index contributed by atoms with van der Waals surface area (Å²) in [6.07, 6.45) is 0. The zero-order valence-corrected chi connectivity index (χ0v) is 14.0. The molecular weight excluding hydrogens is 298 g/mol. The number of hydrogen-bond donors (Lipinski definition) is 2. The van der Waals surface area contributed by atoms with Gasteiger partial charge in [0.2, 0.25) is 5.91 Å². The van der Waals surface area contributed by atoms with Gasteiger partial charge in [0, 0.05) is 16.0 Å². The Hall–Kier alpha value is -2.00. The molecule has 2 aromatic carbocycles. The molecular formula is C18H20ClNO2. The molecule has 0 atom stereocenters. The number of rotatable bonds is 2. The average Bonchev–Trinajstić information content (AvgIpc) is 2.45. The van der Waals surface area contributed by atoms with E-state index in [1.165, 1.54) is 0 Å². The minimum Gasteiger partial charge on any atom is -0.505 e. The minimum absolute atomic E-state index is 0.0331. The van der Waals surface area contributed by atoms with Gasteiger partial charge in [-0.05, 0) is 24.1 Å². The molecule has 22 heavy (non-hydrogen) atoms. The Bertz CT molecular complexity index is 703. The van der Waals surface area contributed by atoms with Crippen molar-refractivity contribution in [3.05, 3.63) is 47.0 Å². The highest BCUT2D eigenvalue weighted by Gasteiger charge is 2.24. The number of halogens is 1. The minimum atomic E-state index is -0.559. The molecule has 2 aromatic rings. The average molecular weight is 318 g/mol. The molecule has 0 aliphatic rings. The van der Waals surface area contributed by atoms with Gasteiger partial charge in [-0.2, -0.15) is 0 Å². The molecule has 4 heteroatoms. The number of aromatic hydroxyl groups is 1. The first-order chi connectivity index (χ1) is 10.2. The largest absolute Gasteiger partial charge is 0.505 e. The van der Waals surface area contributed by atoms with E-state index in [2.05, 4.69) is 5.32 Å². The highest BCUT2D eigenvalue weighted by molar-refractivity contribution is 6.32. The van der Waals surface area contributed by atoms with Crippen molar-refractivity contribution in [2.75, 3.05) is 5.32 Å². The molecule has 1 amide bonds. The predicted molar refractivity (Wildman–Crippen MR) is 91.4 cm³/mol. The van der Waals surface area contributed by atoms with Crippen LogP contribution in [0.2, 0.25) is 5.02 Å². The number of benzene rings is 2. The van der Waals surface area contributed by atoms with E-state index in [9.17, 15) is 9.90 Å². The molecule has 0 fully saturated rings. The Kier molecular flexibility index (Phi) is 4.47. The third-order valence-electron chi connectivity index (χ3n) is 3.49. The third kappa shape index (κ3) is 3.25.